The van der Waals surface area contributed by atoms with Gasteiger partial charge in [0.1, 0.15) is 0 Å². The molecule has 1 amide bonds. The van der Waals surface area contributed by atoms with Crippen molar-refractivity contribution in [3.05, 3.63) is 60.2 Å². The molecule has 0 fully saturated rings. The van der Waals surface area contributed by atoms with Crippen molar-refractivity contribution in [1.29, 1.82) is 0 Å². The summed E-state index contributed by atoms with van der Waals surface area (Å²) in [6.07, 6.45) is 3.33. The molecule has 17 heavy (non-hydrogen) atoms. The van der Waals surface area contributed by atoms with Crippen molar-refractivity contribution in [3.8, 4) is 0 Å². The molecule has 0 aliphatic heterocycles. The second-order valence-corrected chi connectivity index (χ2v) is 4.11. The molecule has 1 rings (SSSR count). The lowest BCUT2D eigenvalue weighted by atomic mass is 10.0. The minimum atomic E-state index is -0.0244. The molecule has 0 aliphatic carbocycles. The topological polar surface area (TPSA) is 29.1 Å². The highest BCUT2D eigenvalue weighted by Crippen LogP contribution is 2.10. The Labute approximate surface area is 103 Å². The standard InChI is InChI=1S/C15H19NO/c1-4-7-13-8-5-6-9-14(13)15(17)16-11-10-12(2)3/h4-6,8-9H,1-2,7,10-11H2,3H3,(H,16,17). The van der Waals surface area contributed by atoms with Crippen molar-refractivity contribution >= 4 is 5.91 Å². The van der Waals surface area contributed by atoms with Crippen molar-refractivity contribution in [2.24, 2.45) is 0 Å². The smallest absolute Gasteiger partial charge is 0.251 e. The molecule has 2 nitrogen and oxygen atoms in total. The minimum absolute atomic E-state index is 0.0244. The first-order valence-corrected chi connectivity index (χ1v) is 5.76. The highest BCUT2D eigenvalue weighted by molar-refractivity contribution is 5.95. The number of hydrogen-bond acceptors (Lipinski definition) is 1. The van der Waals surface area contributed by atoms with Gasteiger partial charge in [-0.25, -0.2) is 0 Å². The number of hydrogen-bond donors (Lipinski definition) is 1. The van der Waals surface area contributed by atoms with Crippen molar-refractivity contribution in [2.45, 2.75) is 19.8 Å². The largest absolute Gasteiger partial charge is 0.352 e. The second kappa shape index (κ2) is 6.69. The van der Waals surface area contributed by atoms with Crippen molar-refractivity contribution in [1.82, 2.24) is 5.32 Å². The van der Waals surface area contributed by atoms with Crippen LogP contribution in [-0.2, 0) is 6.42 Å². The zero-order valence-electron chi connectivity index (χ0n) is 10.3. The maximum Gasteiger partial charge on any atom is 0.251 e. The zero-order chi connectivity index (χ0) is 12.7. The molecule has 0 atom stereocenters. The predicted octanol–water partition coefficient (Wildman–Crippen LogP) is 3.11. The van der Waals surface area contributed by atoms with Crippen LogP contribution >= 0.6 is 0 Å². The summed E-state index contributed by atoms with van der Waals surface area (Å²) in [6, 6.07) is 7.61. The van der Waals surface area contributed by atoms with Crippen LogP contribution in [0.5, 0.6) is 0 Å². The predicted molar refractivity (Wildman–Crippen MR) is 72.1 cm³/mol. The third kappa shape index (κ3) is 4.27. The molecule has 0 heterocycles. The van der Waals surface area contributed by atoms with Gasteiger partial charge < -0.3 is 5.32 Å². The van der Waals surface area contributed by atoms with Gasteiger partial charge in [0, 0.05) is 12.1 Å². The molecular formula is C15H19NO. The number of carbonyl (C=O) groups excluding carboxylic acids is 1. The average molecular weight is 229 g/mol. The quantitative estimate of drug-likeness (QED) is 0.746. The van der Waals surface area contributed by atoms with Crippen molar-refractivity contribution < 1.29 is 4.79 Å². The van der Waals surface area contributed by atoms with Crippen LogP contribution in [0.2, 0.25) is 0 Å². The lowest BCUT2D eigenvalue weighted by molar-refractivity contribution is 0.0953. The summed E-state index contributed by atoms with van der Waals surface area (Å²) in [4.78, 5) is 11.9. The molecular weight excluding hydrogens is 210 g/mol. The van der Waals surface area contributed by atoms with Gasteiger partial charge in [-0.3, -0.25) is 4.79 Å². The number of benzene rings is 1. The van der Waals surface area contributed by atoms with Crippen molar-refractivity contribution in [2.75, 3.05) is 6.54 Å². The summed E-state index contributed by atoms with van der Waals surface area (Å²) >= 11 is 0. The number of allylic oxidation sites excluding steroid dienone is 1. The molecule has 0 bridgehead atoms. The molecule has 2 heteroatoms. The summed E-state index contributed by atoms with van der Waals surface area (Å²) in [5, 5.41) is 2.90. The van der Waals surface area contributed by atoms with E-state index in [4.69, 9.17) is 0 Å². The summed E-state index contributed by atoms with van der Waals surface area (Å²) in [6.45, 7) is 10.1. The van der Waals surface area contributed by atoms with Crippen LogP contribution in [0.1, 0.15) is 29.3 Å². The molecule has 1 N–H and O–H groups in total. The van der Waals surface area contributed by atoms with E-state index < -0.39 is 0 Å². The van der Waals surface area contributed by atoms with Crippen LogP contribution in [0, 0.1) is 0 Å². The number of nitrogens with one attached hydrogen (secondary N) is 1. The molecule has 90 valence electrons. The molecule has 0 saturated heterocycles. The van der Waals surface area contributed by atoms with E-state index >= 15 is 0 Å². The Hall–Kier alpha value is -1.83. The molecule has 0 spiro atoms. The number of amides is 1. The van der Waals surface area contributed by atoms with Gasteiger partial charge in [0.15, 0.2) is 0 Å². The Morgan fingerprint density at radius 3 is 2.76 bits per heavy atom. The molecule has 0 radical (unpaired) electrons. The SMILES string of the molecule is C=CCc1ccccc1C(=O)NCCC(=C)C. The summed E-state index contributed by atoms with van der Waals surface area (Å²) in [7, 11) is 0. The van der Waals surface area contributed by atoms with Gasteiger partial charge >= 0.3 is 0 Å². The Kier molecular flexibility index (Phi) is 5.21. The van der Waals surface area contributed by atoms with Crippen LogP contribution in [0.3, 0.4) is 0 Å². The summed E-state index contributed by atoms with van der Waals surface area (Å²) in [5.41, 5.74) is 2.81. The highest BCUT2D eigenvalue weighted by Gasteiger charge is 2.08. The van der Waals surface area contributed by atoms with Gasteiger partial charge in [0.2, 0.25) is 0 Å². The van der Waals surface area contributed by atoms with Crippen LogP contribution < -0.4 is 5.32 Å². The van der Waals surface area contributed by atoms with Crippen molar-refractivity contribution in [3.63, 3.8) is 0 Å². The Morgan fingerprint density at radius 2 is 2.12 bits per heavy atom. The molecule has 0 saturated carbocycles. The van der Waals surface area contributed by atoms with E-state index in [1.54, 1.807) is 6.08 Å². The van der Waals surface area contributed by atoms with Gasteiger partial charge in [-0.1, -0.05) is 29.8 Å². The molecule has 0 aromatic heterocycles. The van der Waals surface area contributed by atoms with Gasteiger partial charge in [0.05, 0.1) is 0 Å². The minimum Gasteiger partial charge on any atom is -0.352 e. The van der Waals surface area contributed by atoms with Gasteiger partial charge in [0.25, 0.3) is 5.91 Å². The van der Waals surface area contributed by atoms with Gasteiger partial charge in [-0.2, -0.15) is 0 Å². The Morgan fingerprint density at radius 1 is 1.41 bits per heavy atom. The second-order valence-electron chi connectivity index (χ2n) is 4.11. The van der Waals surface area contributed by atoms with Gasteiger partial charge in [-0.15, -0.1) is 13.2 Å². The lowest BCUT2D eigenvalue weighted by Gasteiger charge is -2.08. The third-order valence-electron chi connectivity index (χ3n) is 2.46. The zero-order valence-corrected chi connectivity index (χ0v) is 10.3. The first-order valence-electron chi connectivity index (χ1n) is 5.76. The first kappa shape index (κ1) is 13.2. The third-order valence-corrected chi connectivity index (χ3v) is 2.46. The van der Waals surface area contributed by atoms with E-state index in [9.17, 15) is 4.79 Å². The summed E-state index contributed by atoms with van der Waals surface area (Å²) in [5.74, 6) is -0.0244. The van der Waals surface area contributed by atoms with E-state index in [1.165, 1.54) is 0 Å². The maximum atomic E-state index is 11.9. The highest BCUT2D eigenvalue weighted by atomic mass is 16.1. The lowest BCUT2D eigenvalue weighted by Crippen LogP contribution is -2.25. The Balaban J connectivity index is 2.67. The van der Waals surface area contributed by atoms with E-state index in [0.29, 0.717) is 13.0 Å². The summed E-state index contributed by atoms with van der Waals surface area (Å²) < 4.78 is 0. The monoisotopic (exact) mass is 229 g/mol. The first-order chi connectivity index (χ1) is 8.15. The fourth-order valence-corrected chi connectivity index (χ4v) is 1.56. The fourth-order valence-electron chi connectivity index (χ4n) is 1.56. The fraction of sp³-hybridized carbons (Fsp3) is 0.267. The maximum absolute atomic E-state index is 11.9. The van der Waals surface area contributed by atoms with Crippen LogP contribution in [-0.4, -0.2) is 12.5 Å². The molecule has 1 aromatic rings. The van der Waals surface area contributed by atoms with Crippen LogP contribution in [0.15, 0.2) is 49.1 Å². The van der Waals surface area contributed by atoms with Crippen LogP contribution in [0.4, 0.5) is 0 Å². The molecule has 0 aliphatic rings. The molecule has 1 aromatic carbocycles. The van der Waals surface area contributed by atoms with Gasteiger partial charge in [-0.05, 0) is 31.4 Å². The van der Waals surface area contributed by atoms with E-state index in [2.05, 4.69) is 18.5 Å². The van der Waals surface area contributed by atoms with E-state index in [0.717, 1.165) is 23.1 Å². The van der Waals surface area contributed by atoms with Crippen LogP contribution in [0.25, 0.3) is 0 Å². The molecule has 0 unspecified atom stereocenters. The number of rotatable bonds is 6. The Bertz CT molecular complexity index is 421. The van der Waals surface area contributed by atoms with E-state index in [1.807, 2.05) is 31.2 Å². The van der Waals surface area contributed by atoms with E-state index in [-0.39, 0.29) is 5.91 Å². The number of carbonyl (C=O) groups is 1. The normalized spacial score (nSPS) is 9.71. The average Bonchev–Trinajstić information content (AvgIpc) is 2.29.